The number of nitrogens with one attached hydrogen (secondary N) is 1. The van der Waals surface area contributed by atoms with Gasteiger partial charge in [-0.25, -0.2) is 4.39 Å². The molecular weight excluding hydrogens is 333 g/mol. The molecule has 0 aliphatic carbocycles. The monoisotopic (exact) mass is 345 g/mol. The number of hydrogen-bond donors (Lipinski definition) is 1. The third kappa shape index (κ3) is 3.38. The highest BCUT2D eigenvalue weighted by atomic mass is 79.9. The van der Waals surface area contributed by atoms with Gasteiger partial charge in [0.1, 0.15) is 5.82 Å². The maximum Gasteiger partial charge on any atom is 0.129 e. The van der Waals surface area contributed by atoms with Gasteiger partial charge in [-0.05, 0) is 47.1 Å². The van der Waals surface area contributed by atoms with Crippen molar-refractivity contribution in [3.63, 3.8) is 0 Å². The van der Waals surface area contributed by atoms with Gasteiger partial charge in [-0.2, -0.15) is 0 Å². The van der Waals surface area contributed by atoms with E-state index >= 15 is 0 Å². The second kappa shape index (κ2) is 6.55. The molecule has 1 atom stereocenters. The fourth-order valence-corrected chi connectivity index (χ4v) is 2.38. The number of furan rings is 1. The first-order valence-corrected chi connectivity index (χ1v) is 7.20. The Morgan fingerprint density at radius 2 is 2.26 bits per heavy atom. The maximum absolute atomic E-state index is 14.1. The summed E-state index contributed by atoms with van der Waals surface area (Å²) in [4.78, 5) is 0. The molecule has 102 valence electrons. The fraction of sp³-hybridized carbons (Fsp3) is 0.286. The van der Waals surface area contributed by atoms with Gasteiger partial charge in [-0.15, -0.1) is 0 Å². The van der Waals surface area contributed by atoms with Crippen LogP contribution in [0.4, 0.5) is 4.39 Å². The van der Waals surface area contributed by atoms with E-state index in [9.17, 15) is 4.39 Å². The van der Waals surface area contributed by atoms with Crippen LogP contribution in [-0.4, -0.2) is 6.54 Å². The zero-order chi connectivity index (χ0) is 13.8. The Kier molecular flexibility index (Phi) is 5.02. The third-order valence-corrected chi connectivity index (χ3v) is 4.02. The van der Waals surface area contributed by atoms with E-state index in [0.29, 0.717) is 15.1 Å². The smallest absolute Gasteiger partial charge is 0.129 e. The van der Waals surface area contributed by atoms with Crippen LogP contribution in [0, 0.1) is 5.82 Å². The zero-order valence-corrected chi connectivity index (χ0v) is 12.8. The van der Waals surface area contributed by atoms with Crippen LogP contribution in [-0.2, 0) is 0 Å². The van der Waals surface area contributed by atoms with Crippen LogP contribution in [0.2, 0.25) is 5.02 Å². The first-order valence-electron chi connectivity index (χ1n) is 6.03. The summed E-state index contributed by atoms with van der Waals surface area (Å²) >= 11 is 9.28. The van der Waals surface area contributed by atoms with Gasteiger partial charge in [0.05, 0.1) is 23.6 Å². The molecule has 2 aromatic rings. The Labute approximate surface area is 125 Å². The van der Waals surface area contributed by atoms with Crippen molar-refractivity contribution in [3.8, 4) is 0 Å². The minimum absolute atomic E-state index is 0.260. The standard InChI is InChI=1S/C14H14BrClFNO/c1-2-4-18-14(9-3-5-19-8-9)10-6-12(16)11(15)7-13(10)17/h3,5-8,14,18H,2,4H2,1H3. The summed E-state index contributed by atoms with van der Waals surface area (Å²) in [7, 11) is 0. The molecule has 0 bridgehead atoms. The Morgan fingerprint density at radius 1 is 1.47 bits per heavy atom. The summed E-state index contributed by atoms with van der Waals surface area (Å²) in [6.07, 6.45) is 4.15. The Hall–Kier alpha value is -0.840. The molecule has 2 nitrogen and oxygen atoms in total. The average Bonchev–Trinajstić information content (AvgIpc) is 2.89. The number of benzene rings is 1. The van der Waals surface area contributed by atoms with Crippen molar-refractivity contribution in [1.82, 2.24) is 5.32 Å². The lowest BCUT2D eigenvalue weighted by molar-refractivity contribution is 0.530. The lowest BCUT2D eigenvalue weighted by atomic mass is 10.0. The predicted octanol–water partition coefficient (Wildman–Crippen LogP) is 4.92. The van der Waals surface area contributed by atoms with Gasteiger partial charge in [0.25, 0.3) is 0 Å². The van der Waals surface area contributed by atoms with Gasteiger partial charge in [-0.1, -0.05) is 18.5 Å². The lowest BCUT2D eigenvalue weighted by Crippen LogP contribution is -2.23. The molecule has 19 heavy (non-hydrogen) atoms. The van der Waals surface area contributed by atoms with E-state index < -0.39 is 0 Å². The number of rotatable bonds is 5. The second-order valence-corrected chi connectivity index (χ2v) is 5.49. The van der Waals surface area contributed by atoms with E-state index in [-0.39, 0.29) is 11.9 Å². The van der Waals surface area contributed by atoms with Crippen LogP contribution in [0.1, 0.15) is 30.5 Å². The van der Waals surface area contributed by atoms with Gasteiger partial charge in [-0.3, -0.25) is 0 Å². The molecule has 0 radical (unpaired) electrons. The van der Waals surface area contributed by atoms with Gasteiger partial charge in [0.15, 0.2) is 0 Å². The SMILES string of the molecule is CCCNC(c1ccoc1)c1cc(Cl)c(Br)cc1F. The molecule has 0 amide bonds. The summed E-state index contributed by atoms with van der Waals surface area (Å²) in [5, 5.41) is 3.79. The molecule has 0 saturated heterocycles. The van der Waals surface area contributed by atoms with Crippen molar-refractivity contribution >= 4 is 27.5 Å². The topological polar surface area (TPSA) is 25.2 Å². The molecule has 1 heterocycles. The highest BCUT2D eigenvalue weighted by molar-refractivity contribution is 9.10. The van der Waals surface area contributed by atoms with Crippen molar-refractivity contribution in [2.45, 2.75) is 19.4 Å². The van der Waals surface area contributed by atoms with E-state index in [2.05, 4.69) is 28.2 Å². The first-order chi connectivity index (χ1) is 9.13. The summed E-state index contributed by atoms with van der Waals surface area (Å²) in [6, 6.07) is 4.59. The Morgan fingerprint density at radius 3 is 2.89 bits per heavy atom. The summed E-state index contributed by atoms with van der Waals surface area (Å²) < 4.78 is 19.8. The van der Waals surface area contributed by atoms with Crippen molar-refractivity contribution in [2.75, 3.05) is 6.54 Å². The van der Waals surface area contributed by atoms with E-state index in [1.54, 1.807) is 18.6 Å². The molecule has 0 aliphatic rings. The zero-order valence-electron chi connectivity index (χ0n) is 10.4. The van der Waals surface area contributed by atoms with E-state index in [1.807, 2.05) is 6.07 Å². The van der Waals surface area contributed by atoms with Crippen LogP contribution < -0.4 is 5.32 Å². The molecule has 1 N–H and O–H groups in total. The molecule has 0 fully saturated rings. The minimum Gasteiger partial charge on any atom is -0.472 e. The first kappa shape index (κ1) is 14.6. The fourth-order valence-electron chi connectivity index (χ4n) is 1.89. The van der Waals surface area contributed by atoms with Gasteiger partial charge in [0, 0.05) is 15.6 Å². The van der Waals surface area contributed by atoms with Gasteiger partial charge >= 0.3 is 0 Å². The van der Waals surface area contributed by atoms with E-state index in [0.717, 1.165) is 18.5 Å². The molecule has 5 heteroatoms. The summed E-state index contributed by atoms with van der Waals surface area (Å²) in [5.74, 6) is -0.300. The van der Waals surface area contributed by atoms with Crippen molar-refractivity contribution in [2.24, 2.45) is 0 Å². The van der Waals surface area contributed by atoms with Crippen molar-refractivity contribution < 1.29 is 8.81 Å². The van der Waals surface area contributed by atoms with Crippen LogP contribution in [0.15, 0.2) is 39.6 Å². The maximum atomic E-state index is 14.1. The molecule has 1 unspecified atom stereocenters. The van der Waals surface area contributed by atoms with Gasteiger partial charge in [0.2, 0.25) is 0 Å². The lowest BCUT2D eigenvalue weighted by Gasteiger charge is -2.19. The Balaban J connectivity index is 2.40. The van der Waals surface area contributed by atoms with Crippen LogP contribution in [0.5, 0.6) is 0 Å². The molecule has 1 aromatic carbocycles. The molecule has 0 spiro atoms. The minimum atomic E-state index is -0.300. The van der Waals surface area contributed by atoms with E-state index in [1.165, 1.54) is 6.07 Å². The molecule has 0 aliphatic heterocycles. The van der Waals surface area contributed by atoms with Crippen molar-refractivity contribution in [1.29, 1.82) is 0 Å². The van der Waals surface area contributed by atoms with Crippen LogP contribution >= 0.6 is 27.5 Å². The molecular formula is C14H14BrClFNO. The predicted molar refractivity (Wildman–Crippen MR) is 78.0 cm³/mol. The normalized spacial score (nSPS) is 12.6. The highest BCUT2D eigenvalue weighted by Gasteiger charge is 2.19. The number of halogens is 3. The molecule has 0 saturated carbocycles. The second-order valence-electron chi connectivity index (χ2n) is 4.23. The number of hydrogen-bond acceptors (Lipinski definition) is 2. The van der Waals surface area contributed by atoms with Crippen LogP contribution in [0.25, 0.3) is 0 Å². The summed E-state index contributed by atoms with van der Waals surface area (Å²) in [6.45, 7) is 2.84. The van der Waals surface area contributed by atoms with Gasteiger partial charge < -0.3 is 9.73 Å². The third-order valence-electron chi connectivity index (χ3n) is 2.83. The quantitative estimate of drug-likeness (QED) is 0.777. The molecule has 2 rings (SSSR count). The van der Waals surface area contributed by atoms with Crippen LogP contribution in [0.3, 0.4) is 0 Å². The molecule has 1 aromatic heterocycles. The Bertz CT molecular complexity index is 545. The summed E-state index contributed by atoms with van der Waals surface area (Å²) in [5.41, 5.74) is 1.40. The average molecular weight is 347 g/mol. The highest BCUT2D eigenvalue weighted by Crippen LogP contribution is 2.31. The van der Waals surface area contributed by atoms with Crippen molar-refractivity contribution in [3.05, 3.63) is 57.2 Å². The largest absolute Gasteiger partial charge is 0.472 e. The van der Waals surface area contributed by atoms with E-state index in [4.69, 9.17) is 16.0 Å².